The SMILES string of the molecule is CS(=O)(=O)c1nc2c(ncn2C2CC2)c(=O)n1-c1ccc(Cl)cc1. The van der Waals surface area contributed by atoms with Crippen molar-refractivity contribution in [3.63, 3.8) is 0 Å². The van der Waals surface area contributed by atoms with Crippen LogP contribution in [-0.4, -0.2) is 33.8 Å². The van der Waals surface area contributed by atoms with Crippen LogP contribution in [0.15, 0.2) is 40.5 Å². The van der Waals surface area contributed by atoms with Gasteiger partial charge in [-0.1, -0.05) is 11.6 Å². The molecule has 0 spiro atoms. The van der Waals surface area contributed by atoms with Crippen LogP contribution in [0.4, 0.5) is 0 Å². The molecular weight excluding hydrogens is 352 g/mol. The predicted molar refractivity (Wildman–Crippen MR) is 89.5 cm³/mol. The molecule has 0 unspecified atom stereocenters. The van der Waals surface area contributed by atoms with Crippen molar-refractivity contribution in [1.29, 1.82) is 0 Å². The van der Waals surface area contributed by atoms with Crippen LogP contribution in [0.1, 0.15) is 18.9 Å². The van der Waals surface area contributed by atoms with E-state index in [1.807, 2.05) is 0 Å². The maximum atomic E-state index is 12.9. The molecule has 24 heavy (non-hydrogen) atoms. The van der Waals surface area contributed by atoms with Gasteiger partial charge >= 0.3 is 0 Å². The Morgan fingerprint density at radius 3 is 2.46 bits per heavy atom. The van der Waals surface area contributed by atoms with Gasteiger partial charge in [-0.2, -0.15) is 4.98 Å². The van der Waals surface area contributed by atoms with E-state index in [-0.39, 0.29) is 16.7 Å². The zero-order chi connectivity index (χ0) is 17.1. The quantitative estimate of drug-likeness (QED) is 0.663. The maximum Gasteiger partial charge on any atom is 0.287 e. The van der Waals surface area contributed by atoms with Crippen LogP contribution < -0.4 is 5.56 Å². The second-order valence-corrected chi connectivity index (χ2v) is 8.18. The first-order valence-corrected chi connectivity index (χ1v) is 9.59. The van der Waals surface area contributed by atoms with E-state index < -0.39 is 15.4 Å². The minimum atomic E-state index is -3.73. The summed E-state index contributed by atoms with van der Waals surface area (Å²) in [5.41, 5.74) is 0.333. The molecule has 0 radical (unpaired) electrons. The van der Waals surface area contributed by atoms with E-state index in [2.05, 4.69) is 9.97 Å². The zero-order valence-corrected chi connectivity index (χ0v) is 14.3. The van der Waals surface area contributed by atoms with Gasteiger partial charge in [0, 0.05) is 17.3 Å². The second kappa shape index (κ2) is 5.15. The fraction of sp³-hybridized carbons (Fsp3) is 0.267. The van der Waals surface area contributed by atoms with Gasteiger partial charge in [0.05, 0.1) is 12.0 Å². The van der Waals surface area contributed by atoms with Crippen LogP contribution in [0.25, 0.3) is 16.9 Å². The second-order valence-electron chi connectivity index (χ2n) is 5.84. The molecule has 124 valence electrons. The van der Waals surface area contributed by atoms with Crippen molar-refractivity contribution in [2.45, 2.75) is 24.0 Å². The highest BCUT2D eigenvalue weighted by molar-refractivity contribution is 7.90. The summed E-state index contributed by atoms with van der Waals surface area (Å²) >= 11 is 5.87. The Morgan fingerprint density at radius 1 is 1.21 bits per heavy atom. The van der Waals surface area contributed by atoms with Gasteiger partial charge < -0.3 is 4.57 Å². The fourth-order valence-electron chi connectivity index (χ4n) is 2.64. The summed E-state index contributed by atoms with van der Waals surface area (Å²) in [6, 6.07) is 6.55. The van der Waals surface area contributed by atoms with Gasteiger partial charge in [0.15, 0.2) is 11.2 Å². The lowest BCUT2D eigenvalue weighted by atomic mass is 10.3. The molecule has 0 amide bonds. The van der Waals surface area contributed by atoms with E-state index in [0.29, 0.717) is 16.4 Å². The summed E-state index contributed by atoms with van der Waals surface area (Å²) in [5, 5.41) is 0.185. The molecule has 4 rings (SSSR count). The monoisotopic (exact) mass is 364 g/mol. The van der Waals surface area contributed by atoms with Gasteiger partial charge in [-0.15, -0.1) is 0 Å². The summed E-state index contributed by atoms with van der Waals surface area (Å²) in [7, 11) is -3.73. The lowest BCUT2D eigenvalue weighted by molar-refractivity contribution is 0.585. The van der Waals surface area contributed by atoms with E-state index in [0.717, 1.165) is 23.7 Å². The standard InChI is InChI=1S/C15H13ClN4O3S/c1-24(22,23)15-18-13-12(17-8-19(13)10-6-7-10)14(21)20(15)11-4-2-9(16)3-5-11/h2-5,8,10H,6-7H2,1H3. The number of aromatic nitrogens is 4. The molecule has 0 saturated heterocycles. The van der Waals surface area contributed by atoms with Gasteiger partial charge in [0.25, 0.3) is 5.56 Å². The average Bonchev–Trinajstić information content (AvgIpc) is 3.27. The summed E-state index contributed by atoms with van der Waals surface area (Å²) in [4.78, 5) is 21.3. The molecule has 0 atom stereocenters. The van der Waals surface area contributed by atoms with E-state index in [9.17, 15) is 13.2 Å². The Hall–Kier alpha value is -2.19. The molecule has 1 aromatic carbocycles. The number of fused-ring (bicyclic) bond motifs is 1. The number of nitrogens with zero attached hydrogens (tertiary/aromatic N) is 4. The molecule has 1 aliphatic rings. The van der Waals surface area contributed by atoms with Gasteiger partial charge in [-0.3, -0.25) is 4.79 Å². The van der Waals surface area contributed by atoms with Crippen LogP contribution in [0, 0.1) is 0 Å². The Labute approximate surface area is 142 Å². The summed E-state index contributed by atoms with van der Waals surface area (Å²) < 4.78 is 27.3. The smallest absolute Gasteiger partial charge is 0.287 e. The van der Waals surface area contributed by atoms with Crippen molar-refractivity contribution in [2.75, 3.05) is 6.26 Å². The first-order chi connectivity index (χ1) is 11.4. The number of hydrogen-bond donors (Lipinski definition) is 0. The van der Waals surface area contributed by atoms with Crippen LogP contribution in [0.3, 0.4) is 0 Å². The normalized spacial score (nSPS) is 15.1. The van der Waals surface area contributed by atoms with Crippen LogP contribution in [0.5, 0.6) is 0 Å². The molecule has 7 nitrogen and oxygen atoms in total. The minimum Gasteiger partial charge on any atom is -0.312 e. The summed E-state index contributed by atoms with van der Waals surface area (Å²) in [5.74, 6) is 0. The third-order valence-corrected chi connectivity index (χ3v) is 5.11. The summed E-state index contributed by atoms with van der Waals surface area (Å²) in [6.45, 7) is 0. The number of benzene rings is 1. The van der Waals surface area contributed by atoms with E-state index in [4.69, 9.17) is 11.6 Å². The zero-order valence-electron chi connectivity index (χ0n) is 12.7. The predicted octanol–water partition coefficient (Wildman–Crippen LogP) is 1.97. The van der Waals surface area contributed by atoms with Gasteiger partial charge in [0.1, 0.15) is 0 Å². The van der Waals surface area contributed by atoms with Gasteiger partial charge in [-0.25, -0.2) is 18.0 Å². The molecule has 0 N–H and O–H groups in total. The van der Waals surface area contributed by atoms with Crippen molar-refractivity contribution >= 4 is 32.6 Å². The van der Waals surface area contributed by atoms with Crippen LogP contribution >= 0.6 is 11.6 Å². The maximum absolute atomic E-state index is 12.9. The van der Waals surface area contributed by atoms with E-state index in [1.54, 1.807) is 35.2 Å². The number of imidazole rings is 1. The Kier molecular flexibility index (Phi) is 3.29. The molecule has 1 aliphatic carbocycles. The molecule has 1 saturated carbocycles. The highest BCUT2D eigenvalue weighted by Crippen LogP contribution is 2.36. The highest BCUT2D eigenvalue weighted by atomic mass is 35.5. The molecule has 0 aliphatic heterocycles. The molecule has 2 heterocycles. The minimum absolute atomic E-state index is 0.157. The van der Waals surface area contributed by atoms with Crippen molar-refractivity contribution in [1.82, 2.24) is 19.1 Å². The molecule has 3 aromatic rings. The highest BCUT2D eigenvalue weighted by Gasteiger charge is 2.29. The molecular formula is C15H13ClN4O3S. The van der Waals surface area contributed by atoms with Crippen LogP contribution in [0.2, 0.25) is 5.02 Å². The van der Waals surface area contributed by atoms with Crippen molar-refractivity contribution in [2.24, 2.45) is 0 Å². The first kappa shape index (κ1) is 15.3. The Balaban J connectivity index is 2.10. The average molecular weight is 365 g/mol. The van der Waals surface area contributed by atoms with Crippen LogP contribution in [-0.2, 0) is 9.84 Å². The molecule has 9 heteroatoms. The van der Waals surface area contributed by atoms with Crippen molar-refractivity contribution in [3.05, 3.63) is 46.0 Å². The molecule has 1 fully saturated rings. The number of rotatable bonds is 3. The molecule has 2 aromatic heterocycles. The largest absolute Gasteiger partial charge is 0.312 e. The first-order valence-electron chi connectivity index (χ1n) is 7.32. The van der Waals surface area contributed by atoms with Crippen molar-refractivity contribution in [3.8, 4) is 5.69 Å². The number of hydrogen-bond acceptors (Lipinski definition) is 5. The Morgan fingerprint density at radius 2 is 1.88 bits per heavy atom. The number of halogens is 1. The topological polar surface area (TPSA) is 86.8 Å². The summed E-state index contributed by atoms with van der Waals surface area (Å²) in [6.07, 6.45) is 4.53. The van der Waals surface area contributed by atoms with Gasteiger partial charge in [0.2, 0.25) is 15.0 Å². The lowest BCUT2D eigenvalue weighted by Gasteiger charge is -2.11. The molecule has 0 bridgehead atoms. The lowest BCUT2D eigenvalue weighted by Crippen LogP contribution is -2.26. The van der Waals surface area contributed by atoms with Crippen molar-refractivity contribution < 1.29 is 8.42 Å². The Bertz CT molecular complexity index is 1110. The van der Waals surface area contributed by atoms with Gasteiger partial charge in [-0.05, 0) is 37.1 Å². The van der Waals surface area contributed by atoms with E-state index in [1.165, 1.54) is 0 Å². The number of sulfone groups is 1. The third-order valence-electron chi connectivity index (χ3n) is 3.92. The fourth-order valence-corrected chi connectivity index (χ4v) is 3.53. The van der Waals surface area contributed by atoms with E-state index >= 15 is 0 Å². The third kappa shape index (κ3) is 2.42.